The smallest absolute Gasteiger partial charge is 0.240 e. The van der Waals surface area contributed by atoms with Crippen LogP contribution in [0.5, 0.6) is 0 Å². The molecule has 0 saturated carbocycles. The van der Waals surface area contributed by atoms with Gasteiger partial charge in [-0.1, -0.05) is 23.7 Å². The van der Waals surface area contributed by atoms with Gasteiger partial charge in [0.2, 0.25) is 11.8 Å². The van der Waals surface area contributed by atoms with Gasteiger partial charge in [0.15, 0.2) is 0 Å². The van der Waals surface area contributed by atoms with E-state index < -0.39 is 0 Å². The van der Waals surface area contributed by atoms with E-state index in [-0.39, 0.29) is 23.9 Å². The lowest BCUT2D eigenvalue weighted by molar-refractivity contribution is -0.136. The summed E-state index contributed by atoms with van der Waals surface area (Å²) in [5.74, 6) is -0.156. The second kappa shape index (κ2) is 8.18. The largest absolute Gasteiger partial charge is 0.350 e. The Labute approximate surface area is 137 Å². The third-order valence-electron chi connectivity index (χ3n) is 3.10. The Hall–Kier alpha value is -1.55. The molecule has 1 aromatic carbocycles. The maximum atomic E-state index is 12.2. The van der Waals surface area contributed by atoms with Crippen molar-refractivity contribution >= 4 is 23.4 Å². The average Bonchev–Trinajstić information content (AvgIpc) is 2.40. The van der Waals surface area contributed by atoms with Gasteiger partial charge in [-0.25, -0.2) is 0 Å². The van der Waals surface area contributed by atoms with Gasteiger partial charge >= 0.3 is 0 Å². The Bertz CT molecular complexity index is 524. The number of hydrogen-bond acceptors (Lipinski definition) is 2. The van der Waals surface area contributed by atoms with Crippen LogP contribution >= 0.6 is 11.6 Å². The minimum atomic E-state index is -0.291. The van der Waals surface area contributed by atoms with E-state index in [4.69, 9.17) is 11.6 Å². The van der Waals surface area contributed by atoms with Crippen molar-refractivity contribution in [3.63, 3.8) is 0 Å². The van der Waals surface area contributed by atoms with Gasteiger partial charge in [0, 0.05) is 23.5 Å². The second-order valence-electron chi connectivity index (χ2n) is 6.34. The third kappa shape index (κ3) is 6.94. The number of benzene rings is 1. The molecule has 4 nitrogen and oxygen atoms in total. The fraction of sp³-hybridized carbons (Fsp3) is 0.529. The van der Waals surface area contributed by atoms with E-state index in [0.717, 1.165) is 5.56 Å². The molecule has 1 aromatic rings. The molecule has 2 amide bonds. The number of likely N-dealkylation sites (N-methyl/N-ethyl adjacent to an activating group) is 1. The van der Waals surface area contributed by atoms with Crippen LogP contribution in [0.1, 0.15) is 39.7 Å². The van der Waals surface area contributed by atoms with Gasteiger partial charge in [0.05, 0.1) is 6.54 Å². The highest BCUT2D eigenvalue weighted by Crippen LogP contribution is 2.12. The number of aryl methyl sites for hydroxylation is 1. The van der Waals surface area contributed by atoms with Crippen LogP contribution in [0.3, 0.4) is 0 Å². The van der Waals surface area contributed by atoms with Crippen molar-refractivity contribution in [1.29, 1.82) is 0 Å². The Morgan fingerprint density at radius 2 is 1.95 bits per heavy atom. The summed E-state index contributed by atoms with van der Waals surface area (Å²) in [6.07, 6.45) is 0.994. The van der Waals surface area contributed by atoms with E-state index in [1.54, 1.807) is 4.90 Å². The van der Waals surface area contributed by atoms with Crippen LogP contribution in [-0.2, 0) is 16.0 Å². The van der Waals surface area contributed by atoms with E-state index in [1.807, 2.05) is 52.0 Å². The topological polar surface area (TPSA) is 49.4 Å². The molecular formula is C17H25ClN2O2. The highest BCUT2D eigenvalue weighted by atomic mass is 35.5. The SMILES string of the molecule is CCN(CC(=O)NC(C)(C)C)C(=O)CCc1cccc(Cl)c1. The Morgan fingerprint density at radius 1 is 1.27 bits per heavy atom. The first-order chi connectivity index (χ1) is 10.2. The van der Waals surface area contributed by atoms with Crippen LogP contribution in [0.15, 0.2) is 24.3 Å². The maximum Gasteiger partial charge on any atom is 0.240 e. The van der Waals surface area contributed by atoms with Gasteiger partial charge in [-0.3, -0.25) is 9.59 Å². The molecule has 122 valence electrons. The zero-order valence-electron chi connectivity index (χ0n) is 13.8. The third-order valence-corrected chi connectivity index (χ3v) is 3.33. The summed E-state index contributed by atoms with van der Waals surface area (Å²) in [5.41, 5.74) is 0.733. The van der Waals surface area contributed by atoms with Crippen molar-refractivity contribution in [2.45, 2.75) is 46.1 Å². The molecule has 1 rings (SSSR count). The summed E-state index contributed by atoms with van der Waals surface area (Å²) in [5, 5.41) is 3.54. The molecule has 0 bridgehead atoms. The predicted octanol–water partition coefficient (Wildman–Crippen LogP) is 3.04. The standard InChI is InChI=1S/C17H25ClN2O2/c1-5-20(12-15(21)19-17(2,3)4)16(22)10-9-13-7-6-8-14(18)11-13/h6-8,11H,5,9-10,12H2,1-4H3,(H,19,21). The zero-order chi connectivity index (χ0) is 16.8. The molecule has 5 heteroatoms. The second-order valence-corrected chi connectivity index (χ2v) is 6.77. The lowest BCUT2D eigenvalue weighted by atomic mass is 10.1. The quantitative estimate of drug-likeness (QED) is 0.874. The zero-order valence-corrected chi connectivity index (χ0v) is 14.5. The van der Waals surface area contributed by atoms with Crippen LogP contribution in [-0.4, -0.2) is 35.3 Å². The van der Waals surface area contributed by atoms with Crippen LogP contribution in [0, 0.1) is 0 Å². The number of rotatable bonds is 6. The number of nitrogens with one attached hydrogen (secondary N) is 1. The first-order valence-electron chi connectivity index (χ1n) is 7.54. The molecule has 0 aliphatic carbocycles. The van der Waals surface area contributed by atoms with Crippen LogP contribution in [0.4, 0.5) is 0 Å². The van der Waals surface area contributed by atoms with Gasteiger partial charge in [0.25, 0.3) is 0 Å². The molecule has 0 radical (unpaired) electrons. The molecule has 0 aliphatic heterocycles. The molecule has 22 heavy (non-hydrogen) atoms. The first kappa shape index (κ1) is 18.5. The lowest BCUT2D eigenvalue weighted by Crippen LogP contribution is -2.47. The molecule has 0 fully saturated rings. The Morgan fingerprint density at radius 3 is 2.50 bits per heavy atom. The van der Waals surface area contributed by atoms with E-state index >= 15 is 0 Å². The normalized spacial score (nSPS) is 11.1. The lowest BCUT2D eigenvalue weighted by Gasteiger charge is -2.25. The highest BCUT2D eigenvalue weighted by Gasteiger charge is 2.19. The van der Waals surface area contributed by atoms with E-state index in [2.05, 4.69) is 5.32 Å². The molecule has 0 aromatic heterocycles. The number of nitrogens with zero attached hydrogens (tertiary/aromatic N) is 1. The number of carbonyl (C=O) groups excluding carboxylic acids is 2. The Balaban J connectivity index is 2.52. The van der Waals surface area contributed by atoms with Crippen LogP contribution in [0.2, 0.25) is 5.02 Å². The van der Waals surface area contributed by atoms with Crippen LogP contribution in [0.25, 0.3) is 0 Å². The molecule has 0 spiro atoms. The number of halogens is 1. The molecule has 0 aliphatic rings. The van der Waals surface area contributed by atoms with Crippen molar-refractivity contribution in [3.05, 3.63) is 34.9 Å². The molecule has 0 heterocycles. The summed E-state index contributed by atoms with van der Waals surface area (Å²) in [4.78, 5) is 25.8. The van der Waals surface area contributed by atoms with Gasteiger partial charge in [-0.2, -0.15) is 0 Å². The summed E-state index contributed by atoms with van der Waals surface area (Å²) in [6, 6.07) is 7.48. The molecule has 0 unspecified atom stereocenters. The van der Waals surface area contributed by atoms with Gasteiger partial charge in [-0.05, 0) is 51.8 Å². The molecule has 0 saturated heterocycles. The first-order valence-corrected chi connectivity index (χ1v) is 7.92. The Kier molecular flexibility index (Phi) is 6.88. The van der Waals surface area contributed by atoms with E-state index in [9.17, 15) is 9.59 Å². The average molecular weight is 325 g/mol. The molecule has 1 N–H and O–H groups in total. The minimum absolute atomic E-state index is 0.0217. The monoisotopic (exact) mass is 324 g/mol. The fourth-order valence-electron chi connectivity index (χ4n) is 2.11. The number of hydrogen-bond donors (Lipinski definition) is 1. The van der Waals surface area contributed by atoms with Crippen molar-refractivity contribution < 1.29 is 9.59 Å². The molecule has 0 atom stereocenters. The fourth-order valence-corrected chi connectivity index (χ4v) is 2.32. The van der Waals surface area contributed by atoms with Crippen molar-refractivity contribution in [2.75, 3.05) is 13.1 Å². The van der Waals surface area contributed by atoms with E-state index in [1.165, 1.54) is 0 Å². The van der Waals surface area contributed by atoms with Crippen molar-refractivity contribution in [3.8, 4) is 0 Å². The minimum Gasteiger partial charge on any atom is -0.350 e. The summed E-state index contributed by atoms with van der Waals surface area (Å²) >= 11 is 5.93. The maximum absolute atomic E-state index is 12.2. The predicted molar refractivity (Wildman–Crippen MR) is 89.9 cm³/mol. The summed E-state index contributed by atoms with van der Waals surface area (Å²) in [7, 11) is 0. The number of amides is 2. The van der Waals surface area contributed by atoms with Crippen molar-refractivity contribution in [1.82, 2.24) is 10.2 Å². The summed E-state index contributed by atoms with van der Waals surface area (Å²) < 4.78 is 0. The van der Waals surface area contributed by atoms with Gasteiger partial charge in [0.1, 0.15) is 0 Å². The molecular weight excluding hydrogens is 300 g/mol. The van der Waals surface area contributed by atoms with Gasteiger partial charge in [-0.15, -0.1) is 0 Å². The number of carbonyl (C=O) groups is 2. The van der Waals surface area contributed by atoms with Gasteiger partial charge < -0.3 is 10.2 Å². The van der Waals surface area contributed by atoms with Crippen LogP contribution < -0.4 is 5.32 Å². The van der Waals surface area contributed by atoms with Crippen molar-refractivity contribution in [2.24, 2.45) is 0 Å². The summed E-state index contributed by atoms with van der Waals surface area (Å²) in [6.45, 7) is 8.25. The highest BCUT2D eigenvalue weighted by molar-refractivity contribution is 6.30. The van der Waals surface area contributed by atoms with E-state index in [0.29, 0.717) is 24.4 Å².